The van der Waals surface area contributed by atoms with E-state index in [-0.39, 0.29) is 52.8 Å². The first kappa shape index (κ1) is 26.8. The summed E-state index contributed by atoms with van der Waals surface area (Å²) in [5.74, 6) is -0.670. The first-order valence-corrected chi connectivity index (χ1v) is 12.3. The van der Waals surface area contributed by atoms with Crippen molar-refractivity contribution in [3.05, 3.63) is 68.8 Å². The molecular weight excluding hydrogens is 515 g/mol. The molecule has 2 aromatic carbocycles. The smallest absolute Gasteiger partial charge is 0.759 e. The summed E-state index contributed by atoms with van der Waals surface area (Å²) in [6.07, 6.45) is 2.54. The molecule has 0 bridgehead atoms. The average Bonchev–Trinajstić information content (AvgIpc) is 2.75. The van der Waals surface area contributed by atoms with E-state index in [1.54, 1.807) is 30.3 Å². The fourth-order valence-corrected chi connectivity index (χ4v) is 5.75. The van der Waals surface area contributed by atoms with E-state index >= 15 is 0 Å². The zero-order chi connectivity index (χ0) is 21.7. The van der Waals surface area contributed by atoms with Crippen LogP contribution in [0, 0.1) is 17.0 Å². The number of benzene rings is 2. The molecule has 10 heteroatoms. The predicted octanol–water partition coefficient (Wildman–Crippen LogP) is 1.72. The van der Waals surface area contributed by atoms with Crippen LogP contribution in [0.1, 0.15) is 31.2 Å². The van der Waals surface area contributed by atoms with Crippen LogP contribution < -0.4 is 35.0 Å². The Kier molecular flexibility index (Phi) is 10.5. The van der Waals surface area contributed by atoms with Gasteiger partial charge in [-0.3, -0.25) is 4.79 Å². The number of amides is 1. The van der Waals surface area contributed by atoms with Gasteiger partial charge in [0.2, 0.25) is 15.9 Å². The second-order valence-electron chi connectivity index (χ2n) is 7.53. The molecule has 0 aliphatic heterocycles. The van der Waals surface area contributed by atoms with Crippen LogP contribution in [-0.2, 0) is 21.4 Å². The van der Waals surface area contributed by atoms with Crippen molar-refractivity contribution in [1.29, 1.82) is 0 Å². The molecule has 0 heterocycles. The molecule has 2 aromatic rings. The Labute approximate surface area is 218 Å². The minimum Gasteiger partial charge on any atom is -0.759 e. The van der Waals surface area contributed by atoms with Gasteiger partial charge in [-0.1, -0.05) is 45.7 Å². The molecule has 0 unspecified atom stereocenters. The summed E-state index contributed by atoms with van der Waals surface area (Å²) in [5, 5.41) is 11.2. The van der Waals surface area contributed by atoms with Gasteiger partial charge in [0.1, 0.15) is 0 Å². The number of nitrogens with one attached hydrogen (secondary N) is 1. The first-order chi connectivity index (χ1) is 14.3. The molecule has 0 radical (unpaired) electrons. The van der Waals surface area contributed by atoms with Gasteiger partial charge in [0.25, 0.3) is 0 Å². The molecule has 1 fully saturated rings. The van der Waals surface area contributed by atoms with Crippen molar-refractivity contribution < 1.29 is 42.8 Å². The van der Waals surface area contributed by atoms with Gasteiger partial charge in [0.15, 0.2) is 0 Å². The molecule has 1 amide bonds. The molecule has 162 valence electrons. The van der Waals surface area contributed by atoms with Gasteiger partial charge in [-0.15, -0.1) is 0 Å². The van der Waals surface area contributed by atoms with Crippen molar-refractivity contribution in [2.45, 2.75) is 37.1 Å². The standard InChI is InChI=1S/C21H23BrClN2O4S.Na/c22-18-9-11-19(12-10-18)30(28,29)25(14-17-3-1-2-4-20(17)23)13-15-5-7-16(8-6-15)21(26)24-27;/h1-4,9-12,15-16H,5-8,13-14H2,(H-,24,26,27);/q-1;+1. The van der Waals surface area contributed by atoms with Crippen LogP contribution in [0.2, 0.25) is 5.02 Å². The van der Waals surface area contributed by atoms with Crippen molar-refractivity contribution in [1.82, 2.24) is 9.79 Å². The van der Waals surface area contributed by atoms with Crippen LogP contribution in [0.25, 0.3) is 0 Å². The van der Waals surface area contributed by atoms with Crippen LogP contribution >= 0.6 is 27.5 Å². The average molecular weight is 538 g/mol. The van der Waals surface area contributed by atoms with Crippen molar-refractivity contribution >= 4 is 43.5 Å². The quantitative estimate of drug-likeness (QED) is 0.430. The minimum absolute atomic E-state index is 0. The Morgan fingerprint density at radius 2 is 1.71 bits per heavy atom. The van der Waals surface area contributed by atoms with E-state index in [4.69, 9.17) is 11.6 Å². The molecule has 1 N–H and O–H groups in total. The summed E-state index contributed by atoms with van der Waals surface area (Å²) < 4.78 is 29.1. The number of hydrogen-bond donors (Lipinski definition) is 1. The second-order valence-corrected chi connectivity index (χ2v) is 10.8. The molecule has 1 saturated carbocycles. The third-order valence-corrected chi connectivity index (χ3v) is 8.26. The van der Waals surface area contributed by atoms with Gasteiger partial charge in [0, 0.05) is 28.5 Å². The van der Waals surface area contributed by atoms with Crippen LogP contribution in [-0.4, -0.2) is 25.2 Å². The second kappa shape index (κ2) is 12.1. The van der Waals surface area contributed by atoms with E-state index in [9.17, 15) is 18.4 Å². The largest absolute Gasteiger partial charge is 1.00 e. The molecule has 0 saturated heterocycles. The summed E-state index contributed by atoms with van der Waals surface area (Å²) in [5.41, 5.74) is 2.20. The monoisotopic (exact) mass is 536 g/mol. The van der Waals surface area contributed by atoms with Crippen LogP contribution in [0.3, 0.4) is 0 Å². The Hall–Kier alpha value is -0.450. The number of rotatable bonds is 7. The van der Waals surface area contributed by atoms with Crippen LogP contribution in [0.4, 0.5) is 0 Å². The predicted molar refractivity (Wildman–Crippen MR) is 120 cm³/mol. The maximum absolute atomic E-state index is 13.4. The third-order valence-electron chi connectivity index (χ3n) is 5.54. The molecule has 0 aromatic heterocycles. The molecule has 6 nitrogen and oxygen atoms in total. The SMILES string of the molecule is O=C(N[O-])C1CCC(CN(Cc2ccccc2Cl)S(=O)(=O)c2ccc(Br)cc2)CC1.[Na+]. The summed E-state index contributed by atoms with van der Waals surface area (Å²) in [6.45, 7) is 0.494. The zero-order valence-corrected chi connectivity index (χ0v) is 22.4. The topological polar surface area (TPSA) is 89.5 Å². The number of carbonyl (C=O) groups excluding carboxylic acids is 1. The van der Waals surface area contributed by atoms with Crippen LogP contribution in [0.5, 0.6) is 0 Å². The number of halogens is 2. The normalized spacial score (nSPS) is 19.0. The number of hydroxylamine groups is 1. The number of sulfonamides is 1. The molecule has 31 heavy (non-hydrogen) atoms. The molecule has 1 aliphatic carbocycles. The molecular formula is C21H23BrClN2NaO4S. The van der Waals surface area contributed by atoms with E-state index in [0.29, 0.717) is 37.3 Å². The maximum atomic E-state index is 13.4. The van der Waals surface area contributed by atoms with E-state index in [2.05, 4.69) is 15.9 Å². The maximum Gasteiger partial charge on any atom is 1.00 e. The van der Waals surface area contributed by atoms with Crippen LogP contribution in [0.15, 0.2) is 57.9 Å². The first-order valence-electron chi connectivity index (χ1n) is 9.72. The van der Waals surface area contributed by atoms with E-state index in [1.165, 1.54) is 9.79 Å². The molecule has 0 spiro atoms. The fraction of sp³-hybridized carbons (Fsp3) is 0.381. The van der Waals surface area contributed by atoms with Crippen molar-refractivity contribution in [3.63, 3.8) is 0 Å². The Bertz CT molecular complexity index is 983. The van der Waals surface area contributed by atoms with E-state index in [1.807, 2.05) is 18.2 Å². The summed E-state index contributed by atoms with van der Waals surface area (Å²) in [6, 6.07) is 13.8. The fourth-order valence-electron chi connectivity index (χ4n) is 3.80. The molecule has 3 rings (SSSR count). The summed E-state index contributed by atoms with van der Waals surface area (Å²) in [7, 11) is -3.74. The van der Waals surface area contributed by atoms with Gasteiger partial charge in [-0.25, -0.2) is 8.42 Å². The van der Waals surface area contributed by atoms with Gasteiger partial charge in [-0.05, 0) is 67.5 Å². The van der Waals surface area contributed by atoms with Gasteiger partial charge < -0.3 is 10.7 Å². The molecule has 0 atom stereocenters. The number of nitrogens with zero attached hydrogens (tertiary/aromatic N) is 1. The van der Waals surface area contributed by atoms with Crippen molar-refractivity contribution in [2.24, 2.45) is 11.8 Å². The summed E-state index contributed by atoms with van der Waals surface area (Å²) >= 11 is 9.63. The Morgan fingerprint density at radius 1 is 1.10 bits per heavy atom. The van der Waals surface area contributed by atoms with Gasteiger partial charge >= 0.3 is 29.6 Å². The van der Waals surface area contributed by atoms with Crippen molar-refractivity contribution in [3.8, 4) is 0 Å². The molecule has 1 aliphatic rings. The van der Waals surface area contributed by atoms with Gasteiger partial charge in [-0.2, -0.15) is 4.31 Å². The van der Waals surface area contributed by atoms with E-state index in [0.717, 1.165) is 10.0 Å². The Morgan fingerprint density at radius 3 is 2.29 bits per heavy atom. The number of hydrogen-bond acceptors (Lipinski definition) is 4. The Balaban J connectivity index is 0.00000341. The third kappa shape index (κ3) is 7.01. The van der Waals surface area contributed by atoms with E-state index < -0.39 is 15.9 Å². The number of carbonyl (C=O) groups is 1. The zero-order valence-electron chi connectivity index (χ0n) is 17.3. The van der Waals surface area contributed by atoms with Crippen molar-refractivity contribution in [2.75, 3.05) is 6.54 Å². The summed E-state index contributed by atoms with van der Waals surface area (Å²) in [4.78, 5) is 11.8. The van der Waals surface area contributed by atoms with Gasteiger partial charge in [0.05, 0.1) is 4.90 Å². The minimum atomic E-state index is -3.74.